The third-order valence-electron chi connectivity index (χ3n) is 1.95. The highest BCUT2D eigenvalue weighted by atomic mass is 16.5. The molecule has 0 aliphatic heterocycles. The molecule has 1 aromatic rings. The first-order valence-corrected chi connectivity index (χ1v) is 4.55. The van der Waals surface area contributed by atoms with E-state index in [2.05, 4.69) is 5.32 Å². The number of amides is 2. The molecule has 6 heteroatoms. The third-order valence-corrected chi connectivity index (χ3v) is 1.95. The largest absolute Gasteiger partial charge is 0.495 e. The maximum Gasteiger partial charge on any atom is 0.253 e. The van der Waals surface area contributed by atoms with Gasteiger partial charge in [0.1, 0.15) is 5.75 Å². The Kier molecular flexibility index (Phi) is 3.71. The smallest absolute Gasteiger partial charge is 0.253 e. The average molecular weight is 223 g/mol. The number of methoxy groups -OCH3 is 1. The molecule has 1 rings (SSSR count). The zero-order valence-electron chi connectivity index (χ0n) is 8.82. The van der Waals surface area contributed by atoms with Crippen molar-refractivity contribution in [3.05, 3.63) is 23.8 Å². The molecule has 0 saturated heterocycles. The van der Waals surface area contributed by atoms with Crippen LogP contribution in [0.25, 0.3) is 0 Å². The van der Waals surface area contributed by atoms with E-state index in [0.29, 0.717) is 5.75 Å². The van der Waals surface area contributed by atoms with E-state index in [1.54, 1.807) is 12.1 Å². The van der Waals surface area contributed by atoms with Crippen LogP contribution in [0.15, 0.2) is 18.2 Å². The topological polar surface area (TPSA) is 107 Å². The van der Waals surface area contributed by atoms with E-state index in [-0.39, 0.29) is 17.8 Å². The summed E-state index contributed by atoms with van der Waals surface area (Å²) in [7, 11) is 1.46. The van der Waals surface area contributed by atoms with E-state index in [0.717, 1.165) is 0 Å². The molecule has 0 fully saturated rings. The minimum absolute atomic E-state index is 0.227. The van der Waals surface area contributed by atoms with Crippen LogP contribution in [0.5, 0.6) is 5.75 Å². The van der Waals surface area contributed by atoms with E-state index in [1.165, 1.54) is 13.2 Å². The van der Waals surface area contributed by atoms with Gasteiger partial charge in [0.25, 0.3) is 5.91 Å². The van der Waals surface area contributed by atoms with Crippen molar-refractivity contribution in [2.45, 2.75) is 0 Å². The number of anilines is 1. The second-order valence-electron chi connectivity index (χ2n) is 3.07. The molecule has 0 bridgehead atoms. The lowest BCUT2D eigenvalue weighted by molar-refractivity contribution is -0.117. The number of rotatable bonds is 4. The van der Waals surface area contributed by atoms with Crippen LogP contribution in [0.3, 0.4) is 0 Å². The Bertz CT molecular complexity index is 418. The first-order valence-electron chi connectivity index (χ1n) is 4.55. The number of carbonyl (C=O) groups is 2. The molecule has 16 heavy (non-hydrogen) atoms. The lowest BCUT2D eigenvalue weighted by Gasteiger charge is -2.09. The fourth-order valence-electron chi connectivity index (χ4n) is 1.18. The normalized spacial score (nSPS) is 9.56. The predicted octanol–water partition coefficient (Wildman–Crippen LogP) is -0.507. The number of nitrogens with one attached hydrogen (secondary N) is 1. The van der Waals surface area contributed by atoms with Crippen molar-refractivity contribution in [3.8, 4) is 5.75 Å². The standard InChI is InChI=1S/C10H13N3O3/c1-16-7-4-2-3-6(9(7)12)10(15)13-5-8(11)14/h2-4H,5,12H2,1H3,(H2,11,14)(H,13,15). The number of nitrogens with two attached hydrogens (primary N) is 2. The lowest BCUT2D eigenvalue weighted by atomic mass is 10.1. The molecule has 2 amide bonds. The maximum absolute atomic E-state index is 11.6. The number of primary amides is 1. The van der Waals surface area contributed by atoms with Gasteiger partial charge in [0.05, 0.1) is 24.9 Å². The van der Waals surface area contributed by atoms with Crippen molar-refractivity contribution in [3.63, 3.8) is 0 Å². The molecule has 0 atom stereocenters. The zero-order chi connectivity index (χ0) is 12.1. The highest BCUT2D eigenvalue weighted by Gasteiger charge is 2.12. The van der Waals surface area contributed by atoms with E-state index < -0.39 is 11.8 Å². The summed E-state index contributed by atoms with van der Waals surface area (Å²) in [5, 5.41) is 2.34. The second-order valence-corrected chi connectivity index (χ2v) is 3.07. The number of hydrogen-bond acceptors (Lipinski definition) is 4. The van der Waals surface area contributed by atoms with Gasteiger partial charge in [0.15, 0.2) is 0 Å². The molecule has 6 nitrogen and oxygen atoms in total. The van der Waals surface area contributed by atoms with Crippen LogP contribution in [0.1, 0.15) is 10.4 Å². The van der Waals surface area contributed by atoms with Gasteiger partial charge in [-0.1, -0.05) is 6.07 Å². The molecule has 0 aliphatic carbocycles. The number of hydrogen-bond donors (Lipinski definition) is 3. The molecule has 0 saturated carbocycles. The highest BCUT2D eigenvalue weighted by molar-refractivity contribution is 6.01. The van der Waals surface area contributed by atoms with Gasteiger partial charge in [-0.2, -0.15) is 0 Å². The van der Waals surface area contributed by atoms with Gasteiger partial charge in [-0.05, 0) is 12.1 Å². The molecule has 0 aliphatic rings. The van der Waals surface area contributed by atoms with Crippen LogP contribution < -0.4 is 21.5 Å². The molecular formula is C10H13N3O3. The molecule has 5 N–H and O–H groups in total. The third kappa shape index (κ3) is 2.63. The summed E-state index contributed by atoms with van der Waals surface area (Å²) in [5.74, 6) is -0.670. The fraction of sp³-hybridized carbons (Fsp3) is 0.200. The molecule has 0 radical (unpaired) electrons. The van der Waals surface area contributed by atoms with Crippen molar-refractivity contribution in [1.29, 1.82) is 0 Å². The van der Waals surface area contributed by atoms with Crippen LogP contribution in [0.4, 0.5) is 5.69 Å². The minimum Gasteiger partial charge on any atom is -0.495 e. The van der Waals surface area contributed by atoms with E-state index >= 15 is 0 Å². The predicted molar refractivity (Wildman–Crippen MR) is 58.9 cm³/mol. The van der Waals surface area contributed by atoms with Crippen LogP contribution in [-0.2, 0) is 4.79 Å². The van der Waals surface area contributed by atoms with Crippen molar-refractivity contribution in [1.82, 2.24) is 5.32 Å². The minimum atomic E-state index is -0.616. The van der Waals surface area contributed by atoms with Gasteiger partial charge in [-0.25, -0.2) is 0 Å². The molecule has 0 heterocycles. The average Bonchev–Trinajstić information content (AvgIpc) is 2.26. The lowest BCUT2D eigenvalue weighted by Crippen LogP contribution is -2.33. The first-order chi connectivity index (χ1) is 7.56. The van der Waals surface area contributed by atoms with Gasteiger partial charge in [-0.3, -0.25) is 9.59 Å². The zero-order valence-corrected chi connectivity index (χ0v) is 8.82. The van der Waals surface area contributed by atoms with Crippen molar-refractivity contribution in [2.24, 2.45) is 5.73 Å². The quantitative estimate of drug-likeness (QED) is 0.597. The monoisotopic (exact) mass is 223 g/mol. The summed E-state index contributed by atoms with van der Waals surface area (Å²) in [6, 6.07) is 4.81. The molecule has 1 aromatic carbocycles. The van der Waals surface area contributed by atoms with Crippen LogP contribution in [0, 0.1) is 0 Å². The van der Waals surface area contributed by atoms with Crippen molar-refractivity contribution < 1.29 is 14.3 Å². The first kappa shape index (κ1) is 11.8. The van der Waals surface area contributed by atoms with Crippen LogP contribution in [-0.4, -0.2) is 25.5 Å². The molecule has 0 spiro atoms. The summed E-state index contributed by atoms with van der Waals surface area (Å²) in [6.07, 6.45) is 0. The Balaban J connectivity index is 2.87. The Hall–Kier alpha value is -2.24. The fourth-order valence-corrected chi connectivity index (χ4v) is 1.18. The Morgan fingerprint density at radius 1 is 1.44 bits per heavy atom. The maximum atomic E-state index is 11.6. The summed E-state index contributed by atoms with van der Waals surface area (Å²) < 4.78 is 4.96. The van der Waals surface area contributed by atoms with Gasteiger partial charge in [0, 0.05) is 0 Å². The van der Waals surface area contributed by atoms with Gasteiger partial charge in [0.2, 0.25) is 5.91 Å². The molecule has 0 aromatic heterocycles. The Labute approximate surface area is 92.6 Å². The molecule has 86 valence electrons. The highest BCUT2D eigenvalue weighted by Crippen LogP contribution is 2.24. The van der Waals surface area contributed by atoms with Crippen LogP contribution in [0.2, 0.25) is 0 Å². The number of ether oxygens (including phenoxy) is 1. The summed E-state index contributed by atoms with van der Waals surface area (Å²) >= 11 is 0. The second kappa shape index (κ2) is 5.01. The van der Waals surface area contributed by atoms with Gasteiger partial charge < -0.3 is 21.5 Å². The number of benzene rings is 1. The number of carbonyl (C=O) groups excluding carboxylic acids is 2. The van der Waals surface area contributed by atoms with Gasteiger partial charge in [-0.15, -0.1) is 0 Å². The van der Waals surface area contributed by atoms with Gasteiger partial charge >= 0.3 is 0 Å². The van der Waals surface area contributed by atoms with Crippen molar-refractivity contribution in [2.75, 3.05) is 19.4 Å². The van der Waals surface area contributed by atoms with E-state index in [1.807, 2.05) is 0 Å². The Morgan fingerprint density at radius 2 is 2.12 bits per heavy atom. The van der Waals surface area contributed by atoms with E-state index in [4.69, 9.17) is 16.2 Å². The van der Waals surface area contributed by atoms with Crippen molar-refractivity contribution >= 4 is 17.5 Å². The molecular weight excluding hydrogens is 210 g/mol. The summed E-state index contributed by atoms with van der Waals surface area (Å²) in [5.41, 5.74) is 11.1. The Morgan fingerprint density at radius 3 is 2.69 bits per heavy atom. The number of nitrogen functional groups attached to an aromatic ring is 1. The summed E-state index contributed by atoms with van der Waals surface area (Å²) in [6.45, 7) is -0.227. The van der Waals surface area contributed by atoms with E-state index in [9.17, 15) is 9.59 Å². The summed E-state index contributed by atoms with van der Waals surface area (Å²) in [4.78, 5) is 22.1. The van der Waals surface area contributed by atoms with Crippen LogP contribution >= 0.6 is 0 Å². The molecule has 0 unspecified atom stereocenters. The SMILES string of the molecule is COc1cccc(C(=O)NCC(N)=O)c1N. The number of para-hydroxylation sites is 1.